The van der Waals surface area contributed by atoms with Crippen molar-refractivity contribution in [2.75, 3.05) is 0 Å². The lowest BCUT2D eigenvalue weighted by atomic mass is 9.92. The van der Waals surface area contributed by atoms with E-state index in [1.807, 2.05) is 22.6 Å². The molecule has 90 valence electrons. The molecule has 0 N–H and O–H groups in total. The van der Waals surface area contributed by atoms with Crippen LogP contribution < -0.4 is 11.2 Å². The van der Waals surface area contributed by atoms with Crippen molar-refractivity contribution in [1.29, 1.82) is 0 Å². The van der Waals surface area contributed by atoms with Crippen molar-refractivity contribution in [2.45, 2.75) is 33.7 Å². The van der Waals surface area contributed by atoms with Gasteiger partial charge in [0, 0.05) is 19.8 Å². The Morgan fingerprint density at radius 1 is 1.31 bits per heavy atom. The summed E-state index contributed by atoms with van der Waals surface area (Å²) in [5.41, 5.74) is -0.311. The molecule has 0 saturated heterocycles. The quantitative estimate of drug-likeness (QED) is 0.770. The second-order valence-electron chi connectivity index (χ2n) is 5.14. The highest BCUT2D eigenvalue weighted by Gasteiger charge is 2.13. The molecule has 0 radical (unpaired) electrons. The zero-order chi connectivity index (χ0) is 12.5. The van der Waals surface area contributed by atoms with E-state index >= 15 is 0 Å². The van der Waals surface area contributed by atoms with E-state index < -0.39 is 0 Å². The third-order valence-electron chi connectivity index (χ3n) is 2.37. The van der Waals surface area contributed by atoms with Crippen molar-refractivity contribution in [3.8, 4) is 0 Å². The first-order valence-corrected chi connectivity index (χ1v) is 6.26. The van der Waals surface area contributed by atoms with Gasteiger partial charge in [-0.25, -0.2) is 4.79 Å². The molecule has 0 aromatic carbocycles. The smallest absolute Gasteiger partial charge is 0.302 e. The van der Waals surface area contributed by atoms with Gasteiger partial charge in [-0.05, 0) is 34.4 Å². The molecule has 0 fully saturated rings. The van der Waals surface area contributed by atoms with E-state index in [2.05, 4.69) is 20.8 Å². The summed E-state index contributed by atoms with van der Waals surface area (Å²) in [6, 6.07) is 0. The normalized spacial score (nSPS) is 11.8. The van der Waals surface area contributed by atoms with Crippen molar-refractivity contribution in [2.24, 2.45) is 12.5 Å². The lowest BCUT2D eigenvalue weighted by Crippen LogP contribution is -2.40. The highest BCUT2D eigenvalue weighted by atomic mass is 127. The summed E-state index contributed by atoms with van der Waals surface area (Å²) < 4.78 is 3.34. The topological polar surface area (TPSA) is 44.0 Å². The summed E-state index contributed by atoms with van der Waals surface area (Å²) in [6.07, 6.45) is 2.38. The third kappa shape index (κ3) is 3.20. The fraction of sp³-hybridized carbons (Fsp3) is 0.636. The van der Waals surface area contributed by atoms with Crippen LogP contribution in [0, 0.1) is 8.99 Å². The molecule has 1 heterocycles. The summed E-state index contributed by atoms with van der Waals surface area (Å²) >= 11 is 1.96. The number of aryl methyl sites for hydroxylation is 1. The average molecular weight is 336 g/mol. The maximum atomic E-state index is 11.8. The van der Waals surface area contributed by atoms with Crippen LogP contribution in [-0.4, -0.2) is 9.13 Å². The highest BCUT2D eigenvalue weighted by Crippen LogP contribution is 2.18. The maximum absolute atomic E-state index is 11.8. The van der Waals surface area contributed by atoms with Gasteiger partial charge in [-0.15, -0.1) is 0 Å². The van der Waals surface area contributed by atoms with Gasteiger partial charge in [0.1, 0.15) is 0 Å². The molecule has 5 heteroatoms. The number of nitrogens with zero attached hydrogens (tertiary/aromatic N) is 2. The molecule has 1 aromatic heterocycles. The summed E-state index contributed by atoms with van der Waals surface area (Å²) in [5.74, 6) is 0. The van der Waals surface area contributed by atoms with E-state index in [4.69, 9.17) is 0 Å². The van der Waals surface area contributed by atoms with E-state index in [1.54, 1.807) is 13.2 Å². The van der Waals surface area contributed by atoms with Crippen LogP contribution in [0.15, 0.2) is 15.8 Å². The predicted molar refractivity (Wildman–Crippen MR) is 72.7 cm³/mol. The van der Waals surface area contributed by atoms with Crippen molar-refractivity contribution >= 4 is 22.6 Å². The van der Waals surface area contributed by atoms with Gasteiger partial charge >= 0.3 is 5.69 Å². The molecule has 0 aliphatic heterocycles. The first kappa shape index (κ1) is 13.5. The van der Waals surface area contributed by atoms with Gasteiger partial charge in [0.2, 0.25) is 0 Å². The Balaban J connectivity index is 3.14. The van der Waals surface area contributed by atoms with Crippen LogP contribution in [0.1, 0.15) is 27.2 Å². The molecule has 0 aliphatic carbocycles. The minimum atomic E-state index is -0.241. The number of hydrogen-bond donors (Lipinski definition) is 0. The third-order valence-corrected chi connectivity index (χ3v) is 3.11. The zero-order valence-electron chi connectivity index (χ0n) is 10.1. The SMILES string of the molecule is Cn1cc(I)c(=O)n(CCC(C)(C)C)c1=O. The van der Waals surface area contributed by atoms with Crippen LogP contribution in [0.3, 0.4) is 0 Å². The minimum absolute atomic E-state index is 0.117. The molecule has 0 amide bonds. The lowest BCUT2D eigenvalue weighted by Gasteiger charge is -2.18. The predicted octanol–water partition coefficient (Wildman–Crippen LogP) is 1.59. The summed E-state index contributed by atoms with van der Waals surface area (Å²) in [4.78, 5) is 23.6. The molecule has 16 heavy (non-hydrogen) atoms. The summed E-state index contributed by atoms with van der Waals surface area (Å²) in [6.45, 7) is 6.76. The Morgan fingerprint density at radius 3 is 2.38 bits per heavy atom. The number of hydrogen-bond acceptors (Lipinski definition) is 2. The van der Waals surface area contributed by atoms with Crippen LogP contribution in [0.5, 0.6) is 0 Å². The largest absolute Gasteiger partial charge is 0.330 e. The summed E-state index contributed by atoms with van der Waals surface area (Å²) in [5, 5.41) is 0. The second-order valence-corrected chi connectivity index (χ2v) is 6.30. The molecule has 1 aromatic rings. The monoisotopic (exact) mass is 336 g/mol. The molecule has 4 nitrogen and oxygen atoms in total. The van der Waals surface area contributed by atoms with Gasteiger partial charge in [0.15, 0.2) is 0 Å². The first-order chi connectivity index (χ1) is 7.22. The van der Waals surface area contributed by atoms with E-state index in [0.29, 0.717) is 10.1 Å². The molecule has 0 spiro atoms. The van der Waals surface area contributed by atoms with Gasteiger partial charge < -0.3 is 4.57 Å². The number of aromatic nitrogens is 2. The van der Waals surface area contributed by atoms with Crippen molar-refractivity contribution in [3.05, 3.63) is 30.6 Å². The van der Waals surface area contributed by atoms with Crippen LogP contribution in [0.25, 0.3) is 0 Å². The van der Waals surface area contributed by atoms with Crippen LogP contribution in [0.4, 0.5) is 0 Å². The van der Waals surface area contributed by atoms with E-state index in [1.165, 1.54) is 9.13 Å². The molecule has 0 bridgehead atoms. The zero-order valence-corrected chi connectivity index (χ0v) is 12.2. The fourth-order valence-electron chi connectivity index (χ4n) is 1.33. The molecule has 0 saturated carbocycles. The van der Waals surface area contributed by atoms with Crippen molar-refractivity contribution < 1.29 is 0 Å². The van der Waals surface area contributed by atoms with Crippen LogP contribution in [-0.2, 0) is 13.6 Å². The highest BCUT2D eigenvalue weighted by molar-refractivity contribution is 14.1. The van der Waals surface area contributed by atoms with Gasteiger partial charge in [0.05, 0.1) is 3.57 Å². The van der Waals surface area contributed by atoms with E-state index in [0.717, 1.165) is 6.42 Å². The molecule has 0 unspecified atom stereocenters. The summed E-state index contributed by atoms with van der Waals surface area (Å²) in [7, 11) is 1.66. The van der Waals surface area contributed by atoms with Crippen molar-refractivity contribution in [1.82, 2.24) is 9.13 Å². The Morgan fingerprint density at radius 2 is 1.88 bits per heavy atom. The van der Waals surface area contributed by atoms with Gasteiger partial charge in [-0.2, -0.15) is 0 Å². The Kier molecular flexibility index (Phi) is 3.98. The molecule has 1 rings (SSSR count). The van der Waals surface area contributed by atoms with Crippen LogP contribution in [0.2, 0.25) is 0 Å². The van der Waals surface area contributed by atoms with Gasteiger partial charge in [-0.1, -0.05) is 20.8 Å². The number of halogens is 1. The average Bonchev–Trinajstić information content (AvgIpc) is 2.13. The first-order valence-electron chi connectivity index (χ1n) is 5.18. The molecule has 0 aliphatic rings. The Hall–Kier alpha value is -0.590. The minimum Gasteiger partial charge on any atom is -0.302 e. The van der Waals surface area contributed by atoms with Crippen molar-refractivity contribution in [3.63, 3.8) is 0 Å². The Labute approximate surface area is 108 Å². The number of rotatable bonds is 2. The lowest BCUT2D eigenvalue weighted by molar-refractivity contribution is 0.341. The molecule has 0 atom stereocenters. The Bertz CT molecular complexity index is 460. The standard InChI is InChI=1S/C11H17IN2O2/c1-11(2,3)5-6-14-9(15)8(12)7-13(4)10(14)16/h7H,5-6H2,1-4H3. The van der Waals surface area contributed by atoms with E-state index in [-0.39, 0.29) is 16.7 Å². The van der Waals surface area contributed by atoms with Gasteiger partial charge in [-0.3, -0.25) is 9.36 Å². The molecular formula is C11H17IN2O2. The van der Waals surface area contributed by atoms with Crippen LogP contribution >= 0.6 is 22.6 Å². The molecular weight excluding hydrogens is 319 g/mol. The maximum Gasteiger partial charge on any atom is 0.330 e. The van der Waals surface area contributed by atoms with Gasteiger partial charge in [0.25, 0.3) is 5.56 Å². The fourth-order valence-corrected chi connectivity index (χ4v) is 2.04. The second kappa shape index (κ2) is 4.73. The van der Waals surface area contributed by atoms with E-state index in [9.17, 15) is 9.59 Å².